The number of amides is 2. The lowest BCUT2D eigenvalue weighted by Gasteiger charge is -2.19. The Morgan fingerprint density at radius 3 is 2.22 bits per heavy atom. The fraction of sp³-hybridized carbons (Fsp3) is 0.333. The summed E-state index contributed by atoms with van der Waals surface area (Å²) in [5.41, 5.74) is 5.11. The molecule has 0 saturated heterocycles. The Kier molecular flexibility index (Phi) is 4.61. The van der Waals surface area contributed by atoms with Crippen LogP contribution in [0.25, 0.3) is 0 Å². The minimum atomic E-state index is -0.536. The van der Waals surface area contributed by atoms with Gasteiger partial charge in [0.2, 0.25) is 0 Å². The van der Waals surface area contributed by atoms with Crippen molar-refractivity contribution in [2.45, 2.75) is 31.3 Å². The van der Waals surface area contributed by atoms with E-state index < -0.39 is 16.9 Å². The zero-order valence-electron chi connectivity index (χ0n) is 10.5. The van der Waals surface area contributed by atoms with Gasteiger partial charge in [0.25, 0.3) is 5.24 Å². The fourth-order valence-electron chi connectivity index (χ4n) is 1.14. The van der Waals surface area contributed by atoms with Crippen molar-refractivity contribution < 1.29 is 14.3 Å². The maximum Gasteiger partial charge on any atom is 0.412 e. The number of benzene rings is 1. The minimum absolute atomic E-state index is 0.470. The van der Waals surface area contributed by atoms with E-state index >= 15 is 0 Å². The van der Waals surface area contributed by atoms with E-state index in [0.29, 0.717) is 5.69 Å². The molecule has 5 nitrogen and oxygen atoms in total. The number of primary amides is 1. The fourth-order valence-corrected chi connectivity index (χ4v) is 1.65. The van der Waals surface area contributed by atoms with Crippen molar-refractivity contribution in [2.24, 2.45) is 5.73 Å². The van der Waals surface area contributed by atoms with Gasteiger partial charge in [-0.05, 0) is 56.8 Å². The number of nitrogens with two attached hydrogens (primary N) is 1. The summed E-state index contributed by atoms with van der Waals surface area (Å²) in [4.78, 5) is 22.9. The van der Waals surface area contributed by atoms with E-state index in [1.54, 1.807) is 45.0 Å². The van der Waals surface area contributed by atoms with Gasteiger partial charge in [-0.2, -0.15) is 0 Å². The lowest BCUT2D eigenvalue weighted by atomic mass is 10.2. The molecule has 3 N–H and O–H groups in total. The summed E-state index contributed by atoms with van der Waals surface area (Å²) >= 11 is 0.931. The predicted molar refractivity (Wildman–Crippen MR) is 71.7 cm³/mol. The molecule has 0 atom stereocenters. The summed E-state index contributed by atoms with van der Waals surface area (Å²) in [5, 5.41) is 2.12. The summed E-state index contributed by atoms with van der Waals surface area (Å²) in [5.74, 6) is 0. The zero-order chi connectivity index (χ0) is 13.8. The van der Waals surface area contributed by atoms with Crippen LogP contribution in [0.5, 0.6) is 0 Å². The largest absolute Gasteiger partial charge is 0.444 e. The van der Waals surface area contributed by atoms with Crippen molar-refractivity contribution in [3.63, 3.8) is 0 Å². The van der Waals surface area contributed by atoms with Crippen molar-refractivity contribution in [2.75, 3.05) is 5.32 Å². The molecule has 0 spiro atoms. The molecule has 1 aromatic carbocycles. The lowest BCUT2D eigenvalue weighted by Crippen LogP contribution is -2.27. The van der Waals surface area contributed by atoms with Crippen molar-refractivity contribution >= 4 is 28.8 Å². The average Bonchev–Trinajstić information content (AvgIpc) is 2.17. The van der Waals surface area contributed by atoms with Crippen LogP contribution in [0.2, 0.25) is 0 Å². The van der Waals surface area contributed by atoms with Gasteiger partial charge in [0.05, 0.1) is 0 Å². The molecular weight excluding hydrogens is 252 g/mol. The van der Waals surface area contributed by atoms with E-state index in [0.717, 1.165) is 16.7 Å². The molecule has 6 heteroatoms. The van der Waals surface area contributed by atoms with Crippen LogP contribution in [-0.2, 0) is 4.74 Å². The highest BCUT2D eigenvalue weighted by molar-refractivity contribution is 8.13. The highest BCUT2D eigenvalue weighted by Crippen LogP contribution is 2.20. The summed E-state index contributed by atoms with van der Waals surface area (Å²) in [6, 6.07) is 6.74. The maximum absolute atomic E-state index is 11.5. The molecule has 0 bridgehead atoms. The van der Waals surface area contributed by atoms with Crippen molar-refractivity contribution in [3.8, 4) is 0 Å². The third kappa shape index (κ3) is 5.58. The number of rotatable bonds is 2. The van der Waals surface area contributed by atoms with Gasteiger partial charge in [-0.1, -0.05) is 0 Å². The van der Waals surface area contributed by atoms with E-state index in [1.165, 1.54) is 0 Å². The molecule has 0 unspecified atom stereocenters. The van der Waals surface area contributed by atoms with E-state index in [9.17, 15) is 9.59 Å². The number of carbonyl (C=O) groups excluding carboxylic acids is 2. The Morgan fingerprint density at radius 2 is 1.78 bits per heavy atom. The van der Waals surface area contributed by atoms with Gasteiger partial charge in [0.15, 0.2) is 0 Å². The number of ether oxygens (including phenoxy) is 1. The van der Waals surface area contributed by atoms with Crippen LogP contribution >= 0.6 is 11.8 Å². The van der Waals surface area contributed by atoms with E-state index in [1.807, 2.05) is 0 Å². The summed E-state index contributed by atoms with van der Waals surface area (Å²) in [6.07, 6.45) is -0.516. The molecule has 0 aliphatic heterocycles. The molecule has 1 rings (SSSR count). The number of hydrogen-bond donors (Lipinski definition) is 2. The third-order valence-electron chi connectivity index (χ3n) is 1.72. The van der Waals surface area contributed by atoms with Crippen molar-refractivity contribution in [3.05, 3.63) is 24.3 Å². The molecule has 0 radical (unpaired) electrons. The van der Waals surface area contributed by atoms with Crippen LogP contribution in [0, 0.1) is 0 Å². The Morgan fingerprint density at radius 1 is 1.22 bits per heavy atom. The molecule has 98 valence electrons. The number of thioether (sulfide) groups is 1. The van der Waals surface area contributed by atoms with Crippen LogP contribution in [-0.4, -0.2) is 16.9 Å². The summed E-state index contributed by atoms with van der Waals surface area (Å²) in [6.45, 7) is 5.37. The van der Waals surface area contributed by atoms with E-state index in [2.05, 4.69) is 5.32 Å². The van der Waals surface area contributed by atoms with Crippen molar-refractivity contribution in [1.82, 2.24) is 0 Å². The smallest absolute Gasteiger partial charge is 0.412 e. The number of anilines is 1. The van der Waals surface area contributed by atoms with Gasteiger partial charge in [0.1, 0.15) is 5.60 Å². The molecule has 0 fully saturated rings. The second-order valence-electron chi connectivity index (χ2n) is 4.57. The Balaban J connectivity index is 2.58. The SMILES string of the molecule is CC(C)(C)OC(=O)Nc1ccc(SC(N)=O)cc1. The van der Waals surface area contributed by atoms with Gasteiger partial charge in [0, 0.05) is 10.6 Å². The first-order valence-corrected chi connectivity index (χ1v) is 6.15. The van der Waals surface area contributed by atoms with Gasteiger partial charge < -0.3 is 10.5 Å². The topological polar surface area (TPSA) is 81.4 Å². The van der Waals surface area contributed by atoms with Gasteiger partial charge in [-0.15, -0.1) is 0 Å². The quantitative estimate of drug-likeness (QED) is 0.807. The van der Waals surface area contributed by atoms with Gasteiger partial charge >= 0.3 is 6.09 Å². The molecule has 0 heterocycles. The van der Waals surface area contributed by atoms with Crippen LogP contribution in [0.1, 0.15) is 20.8 Å². The summed E-state index contributed by atoms with van der Waals surface area (Å²) in [7, 11) is 0. The Bertz CT molecular complexity index is 438. The zero-order valence-corrected chi connectivity index (χ0v) is 11.3. The van der Waals surface area contributed by atoms with Gasteiger partial charge in [-0.25, -0.2) is 4.79 Å². The Labute approximate surface area is 110 Å². The first-order chi connectivity index (χ1) is 8.26. The standard InChI is InChI=1S/C12H16N2O3S/c1-12(2,3)17-11(16)14-8-4-6-9(7-5-8)18-10(13)15/h4-7H,1-3H3,(H2,13,15)(H,14,16). The molecule has 1 aromatic rings. The minimum Gasteiger partial charge on any atom is -0.444 e. The lowest BCUT2D eigenvalue weighted by molar-refractivity contribution is 0.0636. The van der Waals surface area contributed by atoms with Gasteiger partial charge in [-0.3, -0.25) is 10.1 Å². The van der Waals surface area contributed by atoms with Crippen LogP contribution in [0.3, 0.4) is 0 Å². The average molecular weight is 268 g/mol. The second kappa shape index (κ2) is 5.77. The highest BCUT2D eigenvalue weighted by atomic mass is 32.2. The van der Waals surface area contributed by atoms with Crippen LogP contribution in [0.4, 0.5) is 15.3 Å². The highest BCUT2D eigenvalue weighted by Gasteiger charge is 2.16. The van der Waals surface area contributed by atoms with Crippen LogP contribution in [0.15, 0.2) is 29.2 Å². The molecule has 0 aliphatic carbocycles. The maximum atomic E-state index is 11.5. The first kappa shape index (κ1) is 14.4. The monoisotopic (exact) mass is 268 g/mol. The van der Waals surface area contributed by atoms with Crippen molar-refractivity contribution in [1.29, 1.82) is 0 Å². The molecule has 0 aliphatic rings. The van der Waals surface area contributed by atoms with Crippen LogP contribution < -0.4 is 11.1 Å². The molecule has 2 amide bonds. The second-order valence-corrected chi connectivity index (χ2v) is 5.65. The molecular formula is C12H16N2O3S. The number of hydrogen-bond acceptors (Lipinski definition) is 4. The number of nitrogens with one attached hydrogen (secondary N) is 1. The molecule has 0 saturated carbocycles. The molecule has 18 heavy (non-hydrogen) atoms. The molecule has 0 aromatic heterocycles. The normalized spacial score (nSPS) is 10.8. The first-order valence-electron chi connectivity index (χ1n) is 5.33. The summed E-state index contributed by atoms with van der Waals surface area (Å²) < 4.78 is 5.11. The van der Waals surface area contributed by atoms with E-state index in [4.69, 9.17) is 10.5 Å². The third-order valence-corrected chi connectivity index (χ3v) is 2.43. The number of carbonyl (C=O) groups is 2. The Hall–Kier alpha value is -1.69. The van der Waals surface area contributed by atoms with E-state index in [-0.39, 0.29) is 0 Å². The predicted octanol–water partition coefficient (Wildman–Crippen LogP) is 3.20.